The highest BCUT2D eigenvalue weighted by atomic mass is 32.2. The zero-order valence-electron chi connectivity index (χ0n) is 10.9. The van der Waals surface area contributed by atoms with Gasteiger partial charge in [-0.15, -0.1) is 0 Å². The molecule has 2 aromatic heterocycles. The topological polar surface area (TPSA) is 59.9 Å². The van der Waals surface area contributed by atoms with Crippen molar-refractivity contribution in [2.75, 3.05) is 0 Å². The van der Waals surface area contributed by atoms with Crippen LogP contribution in [-0.2, 0) is 9.84 Å². The van der Waals surface area contributed by atoms with Gasteiger partial charge < -0.3 is 0 Å². The van der Waals surface area contributed by atoms with Crippen LogP contribution in [0.25, 0.3) is 0 Å². The van der Waals surface area contributed by atoms with Gasteiger partial charge in [0.2, 0.25) is 0 Å². The number of aromatic nitrogens is 2. The Bertz CT molecular complexity index is 576. The zero-order chi connectivity index (χ0) is 13.9. The maximum Gasteiger partial charge on any atom is 0.163 e. The second-order valence-corrected chi connectivity index (χ2v) is 7.04. The van der Waals surface area contributed by atoms with Gasteiger partial charge >= 0.3 is 0 Å². The average molecular weight is 276 g/mol. The Morgan fingerprint density at radius 1 is 0.895 bits per heavy atom. The van der Waals surface area contributed by atoms with Crippen LogP contribution < -0.4 is 0 Å². The lowest BCUT2D eigenvalue weighted by atomic mass is 10.2. The van der Waals surface area contributed by atoms with Crippen LogP contribution in [0.2, 0.25) is 0 Å². The first-order valence-electron chi connectivity index (χ1n) is 6.06. The van der Waals surface area contributed by atoms with Crippen LogP contribution in [0.3, 0.4) is 0 Å². The summed E-state index contributed by atoms with van der Waals surface area (Å²) in [5.74, 6) is 0. The minimum absolute atomic E-state index is 0.587. The molecule has 0 saturated heterocycles. The lowest BCUT2D eigenvalue weighted by Crippen LogP contribution is -2.17. The third kappa shape index (κ3) is 2.81. The fraction of sp³-hybridized carbons (Fsp3) is 0.286. The number of rotatable bonds is 4. The van der Waals surface area contributed by atoms with Gasteiger partial charge in [0.05, 0.1) is 10.5 Å². The van der Waals surface area contributed by atoms with Crippen molar-refractivity contribution in [2.45, 2.75) is 24.3 Å². The first-order valence-corrected chi connectivity index (χ1v) is 7.67. The van der Waals surface area contributed by atoms with Crippen molar-refractivity contribution in [2.24, 2.45) is 0 Å². The standard InChI is InChI=1S/C14H16N2O2S/c1-11(13-5-3-7-15-9-13)19(17,18)12(2)14-6-4-8-16-10-14/h3-12H,1-2H3. The second-order valence-electron chi connectivity index (χ2n) is 4.45. The van der Waals surface area contributed by atoms with E-state index in [1.807, 2.05) is 0 Å². The molecule has 2 unspecified atom stereocenters. The summed E-state index contributed by atoms with van der Waals surface area (Å²) in [6, 6.07) is 7.06. The molecule has 19 heavy (non-hydrogen) atoms. The van der Waals surface area contributed by atoms with E-state index in [1.165, 1.54) is 0 Å². The summed E-state index contributed by atoms with van der Waals surface area (Å²) in [4.78, 5) is 7.95. The molecule has 0 fully saturated rings. The molecular formula is C14H16N2O2S. The molecule has 100 valence electrons. The Morgan fingerprint density at radius 2 is 1.32 bits per heavy atom. The first kappa shape index (κ1) is 13.7. The fourth-order valence-electron chi connectivity index (χ4n) is 1.92. The van der Waals surface area contributed by atoms with Gasteiger partial charge in [0.15, 0.2) is 9.84 Å². The highest BCUT2D eigenvalue weighted by Crippen LogP contribution is 2.32. The minimum atomic E-state index is -3.33. The van der Waals surface area contributed by atoms with Gasteiger partial charge in [0, 0.05) is 24.8 Å². The molecule has 4 nitrogen and oxygen atoms in total. The molecule has 0 spiro atoms. The van der Waals surface area contributed by atoms with Crippen LogP contribution in [-0.4, -0.2) is 18.4 Å². The van der Waals surface area contributed by atoms with E-state index < -0.39 is 20.3 Å². The van der Waals surface area contributed by atoms with E-state index >= 15 is 0 Å². The molecule has 2 rings (SSSR count). The van der Waals surface area contributed by atoms with Gasteiger partial charge in [-0.05, 0) is 37.1 Å². The first-order chi connectivity index (χ1) is 9.03. The molecule has 0 saturated carbocycles. The highest BCUT2D eigenvalue weighted by molar-refractivity contribution is 7.91. The summed E-state index contributed by atoms with van der Waals surface area (Å²) in [7, 11) is -3.33. The van der Waals surface area contributed by atoms with Crippen molar-refractivity contribution >= 4 is 9.84 Å². The van der Waals surface area contributed by atoms with E-state index in [9.17, 15) is 8.42 Å². The third-order valence-electron chi connectivity index (χ3n) is 3.29. The molecular weight excluding hydrogens is 260 g/mol. The summed E-state index contributed by atoms with van der Waals surface area (Å²) in [6.45, 7) is 3.39. The molecule has 0 aliphatic rings. The highest BCUT2D eigenvalue weighted by Gasteiger charge is 2.30. The molecule has 0 aliphatic heterocycles. The molecule has 2 heterocycles. The van der Waals surface area contributed by atoms with Crippen molar-refractivity contribution in [3.05, 3.63) is 60.2 Å². The third-order valence-corrected chi connectivity index (χ3v) is 5.81. The normalized spacial score (nSPS) is 14.8. The lowest BCUT2D eigenvalue weighted by Gasteiger charge is -2.18. The Balaban J connectivity index is 2.33. The number of hydrogen-bond acceptors (Lipinski definition) is 4. The maximum absolute atomic E-state index is 12.6. The maximum atomic E-state index is 12.6. The molecule has 2 aromatic rings. The Labute approximate surface area is 113 Å². The fourth-order valence-corrected chi connectivity index (χ4v) is 3.57. The average Bonchev–Trinajstić information content (AvgIpc) is 2.47. The van der Waals surface area contributed by atoms with E-state index in [0.29, 0.717) is 11.1 Å². The molecule has 0 radical (unpaired) electrons. The van der Waals surface area contributed by atoms with Gasteiger partial charge in [-0.25, -0.2) is 8.42 Å². The molecule has 0 N–H and O–H groups in total. The number of nitrogens with zero attached hydrogens (tertiary/aromatic N) is 2. The van der Waals surface area contributed by atoms with Crippen molar-refractivity contribution < 1.29 is 8.42 Å². The predicted molar refractivity (Wildman–Crippen MR) is 74.2 cm³/mol. The quantitative estimate of drug-likeness (QED) is 0.861. The van der Waals surface area contributed by atoms with Gasteiger partial charge in [0.1, 0.15) is 0 Å². The molecule has 5 heteroatoms. The monoisotopic (exact) mass is 276 g/mol. The van der Waals surface area contributed by atoms with Crippen LogP contribution in [0, 0.1) is 0 Å². The minimum Gasteiger partial charge on any atom is -0.264 e. The molecule has 0 aliphatic carbocycles. The Hall–Kier alpha value is -1.75. The zero-order valence-corrected chi connectivity index (χ0v) is 11.7. The SMILES string of the molecule is CC(c1cccnc1)S(=O)(=O)C(C)c1cccnc1. The molecule has 0 aromatic carbocycles. The van der Waals surface area contributed by atoms with Crippen molar-refractivity contribution in [3.63, 3.8) is 0 Å². The van der Waals surface area contributed by atoms with Crippen LogP contribution in [0.15, 0.2) is 49.1 Å². The lowest BCUT2D eigenvalue weighted by molar-refractivity contribution is 0.575. The number of pyridine rings is 2. The summed E-state index contributed by atoms with van der Waals surface area (Å²) in [5, 5.41) is -1.17. The van der Waals surface area contributed by atoms with Crippen LogP contribution in [0.4, 0.5) is 0 Å². The van der Waals surface area contributed by atoms with E-state index in [2.05, 4.69) is 9.97 Å². The smallest absolute Gasteiger partial charge is 0.163 e. The van der Waals surface area contributed by atoms with E-state index in [1.54, 1.807) is 62.9 Å². The Kier molecular flexibility index (Phi) is 3.95. The van der Waals surface area contributed by atoms with E-state index in [4.69, 9.17) is 0 Å². The van der Waals surface area contributed by atoms with E-state index in [0.717, 1.165) is 0 Å². The predicted octanol–water partition coefficient (Wildman–Crippen LogP) is 2.71. The van der Waals surface area contributed by atoms with Crippen LogP contribution in [0.5, 0.6) is 0 Å². The van der Waals surface area contributed by atoms with Crippen molar-refractivity contribution in [1.82, 2.24) is 9.97 Å². The van der Waals surface area contributed by atoms with E-state index in [-0.39, 0.29) is 0 Å². The number of sulfone groups is 1. The largest absolute Gasteiger partial charge is 0.264 e. The summed E-state index contributed by atoms with van der Waals surface area (Å²) < 4.78 is 25.2. The second kappa shape index (κ2) is 5.48. The Morgan fingerprint density at radius 3 is 1.63 bits per heavy atom. The van der Waals surface area contributed by atoms with Crippen molar-refractivity contribution in [1.29, 1.82) is 0 Å². The van der Waals surface area contributed by atoms with Crippen molar-refractivity contribution in [3.8, 4) is 0 Å². The van der Waals surface area contributed by atoms with Gasteiger partial charge in [0.25, 0.3) is 0 Å². The molecule has 0 bridgehead atoms. The number of hydrogen-bond donors (Lipinski definition) is 0. The molecule has 0 amide bonds. The van der Waals surface area contributed by atoms with Crippen LogP contribution in [0.1, 0.15) is 35.5 Å². The van der Waals surface area contributed by atoms with Gasteiger partial charge in [-0.2, -0.15) is 0 Å². The van der Waals surface area contributed by atoms with Gasteiger partial charge in [-0.3, -0.25) is 9.97 Å². The molecule has 2 atom stereocenters. The summed E-state index contributed by atoms with van der Waals surface area (Å²) in [6.07, 6.45) is 6.46. The summed E-state index contributed by atoms with van der Waals surface area (Å²) >= 11 is 0. The summed E-state index contributed by atoms with van der Waals surface area (Å²) in [5.41, 5.74) is 1.41. The van der Waals surface area contributed by atoms with Crippen LogP contribution >= 0.6 is 0 Å². The van der Waals surface area contributed by atoms with Gasteiger partial charge in [-0.1, -0.05) is 12.1 Å².